The number of hydrogen-bond donors (Lipinski definition) is 2. The number of nitrogens with one attached hydrogen (secondary N) is 2. The van der Waals surface area contributed by atoms with Gasteiger partial charge in [0.2, 0.25) is 0 Å². The van der Waals surface area contributed by atoms with Crippen LogP contribution in [0.2, 0.25) is 0 Å². The lowest BCUT2D eigenvalue weighted by Gasteiger charge is -2.22. The Morgan fingerprint density at radius 2 is 1.85 bits per heavy atom. The van der Waals surface area contributed by atoms with Crippen LogP contribution in [0.25, 0.3) is 0 Å². The molecule has 1 aliphatic heterocycles. The summed E-state index contributed by atoms with van der Waals surface area (Å²) in [4.78, 5) is 39.0. The van der Waals surface area contributed by atoms with Crippen LogP contribution in [0.1, 0.15) is 55.4 Å². The Labute approximate surface area is 162 Å². The van der Waals surface area contributed by atoms with E-state index in [9.17, 15) is 14.4 Å². The third kappa shape index (κ3) is 3.94. The van der Waals surface area contributed by atoms with Gasteiger partial charge >= 0.3 is 5.97 Å². The lowest BCUT2D eigenvalue weighted by molar-refractivity contribution is -0.913. The number of carbonyl (C=O) groups is 3. The van der Waals surface area contributed by atoms with Crippen LogP contribution in [0.5, 0.6) is 0 Å². The number of thiophene rings is 1. The zero-order valence-electron chi connectivity index (χ0n) is 15.7. The number of Topliss-reactive ketones (excluding diaryl/α,β-unsaturated/α-hetero) is 1. The van der Waals surface area contributed by atoms with Crippen LogP contribution in [0, 0.1) is 0 Å². The van der Waals surface area contributed by atoms with Crippen molar-refractivity contribution in [3.8, 4) is 0 Å². The highest BCUT2D eigenvalue weighted by atomic mass is 32.1. The minimum atomic E-state index is -0.422. The molecule has 1 aromatic heterocycles. The highest BCUT2D eigenvalue weighted by molar-refractivity contribution is 7.17. The predicted octanol–water partition coefficient (Wildman–Crippen LogP) is 1.95. The molecule has 0 spiro atoms. The van der Waals surface area contributed by atoms with Crippen LogP contribution >= 0.6 is 11.3 Å². The largest absolute Gasteiger partial charge is 0.465 e. The minimum absolute atomic E-state index is 0.0520. The summed E-state index contributed by atoms with van der Waals surface area (Å²) in [6.45, 7) is 6.46. The number of ketones is 1. The molecular formula is C20H23N2O4S+. The van der Waals surface area contributed by atoms with Crippen LogP contribution in [0.3, 0.4) is 0 Å². The van der Waals surface area contributed by atoms with Crippen molar-refractivity contribution >= 4 is 34.0 Å². The molecule has 0 saturated heterocycles. The fraction of sp³-hybridized carbons (Fsp3) is 0.350. The van der Waals surface area contributed by atoms with E-state index < -0.39 is 5.97 Å². The van der Waals surface area contributed by atoms with Crippen LogP contribution < -0.4 is 10.2 Å². The van der Waals surface area contributed by atoms with Gasteiger partial charge in [-0.2, -0.15) is 0 Å². The van der Waals surface area contributed by atoms with Gasteiger partial charge in [-0.15, -0.1) is 11.3 Å². The third-order valence-corrected chi connectivity index (χ3v) is 6.05. The Balaban J connectivity index is 1.89. The summed E-state index contributed by atoms with van der Waals surface area (Å²) in [5, 5.41) is 3.40. The molecular weight excluding hydrogens is 364 g/mol. The topological polar surface area (TPSA) is 76.9 Å². The van der Waals surface area contributed by atoms with Gasteiger partial charge < -0.3 is 15.0 Å². The lowest BCUT2D eigenvalue weighted by atomic mass is 10.0. The average molecular weight is 387 g/mol. The van der Waals surface area contributed by atoms with Gasteiger partial charge in [-0.25, -0.2) is 4.79 Å². The van der Waals surface area contributed by atoms with E-state index in [1.54, 1.807) is 24.3 Å². The SMILES string of the molecule is CC[NH+]1CCc2c(sc(NC(=O)c3ccc(C(C)=O)cc3)c2C(=O)OC)C1. The monoisotopic (exact) mass is 387 g/mol. The Kier molecular flexibility index (Phi) is 5.72. The Hall–Kier alpha value is -2.51. The second-order valence-electron chi connectivity index (χ2n) is 6.57. The molecule has 142 valence electrons. The first-order valence-electron chi connectivity index (χ1n) is 8.93. The fourth-order valence-corrected chi connectivity index (χ4v) is 4.58. The van der Waals surface area contributed by atoms with Crippen molar-refractivity contribution in [1.82, 2.24) is 0 Å². The van der Waals surface area contributed by atoms with E-state index in [1.165, 1.54) is 30.3 Å². The van der Waals surface area contributed by atoms with Gasteiger partial charge in [0.05, 0.1) is 30.6 Å². The molecule has 0 radical (unpaired) electrons. The number of amides is 1. The number of esters is 1. The van der Waals surface area contributed by atoms with Crippen molar-refractivity contribution in [2.24, 2.45) is 0 Å². The molecule has 3 rings (SSSR count). The third-order valence-electron chi connectivity index (χ3n) is 4.90. The van der Waals surface area contributed by atoms with E-state index in [1.807, 2.05) is 0 Å². The Morgan fingerprint density at radius 3 is 2.44 bits per heavy atom. The number of likely N-dealkylation sites (N-methyl/N-ethyl adjacent to an activating group) is 1. The first-order chi connectivity index (χ1) is 12.9. The first-order valence-corrected chi connectivity index (χ1v) is 9.75. The van der Waals surface area contributed by atoms with Crippen molar-refractivity contribution < 1.29 is 24.0 Å². The molecule has 0 fully saturated rings. The number of anilines is 1. The van der Waals surface area contributed by atoms with Gasteiger partial charge in [0.25, 0.3) is 5.91 Å². The molecule has 2 heterocycles. The van der Waals surface area contributed by atoms with Crippen molar-refractivity contribution in [3.05, 3.63) is 51.4 Å². The molecule has 0 aliphatic carbocycles. The van der Waals surface area contributed by atoms with E-state index in [4.69, 9.17) is 4.74 Å². The summed E-state index contributed by atoms with van der Waals surface area (Å²) in [5.41, 5.74) is 2.45. The van der Waals surface area contributed by atoms with E-state index in [-0.39, 0.29) is 11.7 Å². The van der Waals surface area contributed by atoms with Crippen molar-refractivity contribution in [2.45, 2.75) is 26.8 Å². The van der Waals surface area contributed by atoms with Gasteiger partial charge in [0.15, 0.2) is 5.78 Å². The Morgan fingerprint density at radius 1 is 1.19 bits per heavy atom. The number of quaternary nitrogens is 1. The molecule has 0 saturated carbocycles. The second-order valence-corrected chi connectivity index (χ2v) is 7.67. The number of ether oxygens (including phenoxy) is 1. The standard InChI is InChI=1S/C20H22N2O4S/c1-4-22-10-9-15-16(11-22)27-19(17(15)20(25)26-3)21-18(24)14-7-5-13(6-8-14)12(2)23/h5-8H,4,9-11H2,1-3H3,(H,21,24)/p+1. The molecule has 6 nitrogen and oxygen atoms in total. The van der Waals surface area contributed by atoms with E-state index in [0.717, 1.165) is 36.5 Å². The molecule has 1 aromatic carbocycles. The average Bonchev–Trinajstić information content (AvgIpc) is 3.04. The van der Waals surface area contributed by atoms with Gasteiger partial charge in [0.1, 0.15) is 11.5 Å². The number of fused-ring (bicyclic) bond motifs is 1. The molecule has 1 atom stereocenters. The van der Waals surface area contributed by atoms with Crippen LogP contribution in [0.4, 0.5) is 5.00 Å². The summed E-state index contributed by atoms with van der Waals surface area (Å²) in [7, 11) is 1.35. The molecule has 2 N–H and O–H groups in total. The molecule has 1 amide bonds. The smallest absolute Gasteiger partial charge is 0.341 e. The maximum atomic E-state index is 12.6. The summed E-state index contributed by atoms with van der Waals surface area (Å²) in [6.07, 6.45) is 0.794. The quantitative estimate of drug-likeness (QED) is 0.607. The van der Waals surface area contributed by atoms with Crippen LogP contribution in [0.15, 0.2) is 24.3 Å². The van der Waals surface area contributed by atoms with Crippen molar-refractivity contribution in [1.29, 1.82) is 0 Å². The number of benzene rings is 1. The van der Waals surface area contributed by atoms with Gasteiger partial charge in [-0.05, 0) is 31.5 Å². The summed E-state index contributed by atoms with van der Waals surface area (Å²) >= 11 is 1.45. The predicted molar refractivity (Wildman–Crippen MR) is 104 cm³/mol. The second kappa shape index (κ2) is 8.02. The molecule has 1 unspecified atom stereocenters. The summed E-state index contributed by atoms with van der Waals surface area (Å²) in [5.74, 6) is -0.785. The van der Waals surface area contributed by atoms with Gasteiger partial charge in [-0.1, -0.05) is 12.1 Å². The van der Waals surface area contributed by atoms with Crippen molar-refractivity contribution in [2.75, 3.05) is 25.5 Å². The fourth-order valence-electron chi connectivity index (χ4n) is 3.28. The van der Waals surface area contributed by atoms with Gasteiger partial charge in [-0.3, -0.25) is 9.59 Å². The van der Waals surface area contributed by atoms with E-state index >= 15 is 0 Å². The molecule has 0 bridgehead atoms. The summed E-state index contributed by atoms with van der Waals surface area (Å²) < 4.78 is 4.96. The summed E-state index contributed by atoms with van der Waals surface area (Å²) in [6, 6.07) is 6.47. The van der Waals surface area contributed by atoms with E-state index in [2.05, 4.69) is 12.2 Å². The molecule has 2 aromatic rings. The highest BCUT2D eigenvalue weighted by Crippen LogP contribution is 2.35. The zero-order valence-corrected chi connectivity index (χ0v) is 16.5. The number of carbonyl (C=O) groups excluding carboxylic acids is 3. The van der Waals surface area contributed by atoms with E-state index in [0.29, 0.717) is 21.7 Å². The minimum Gasteiger partial charge on any atom is -0.465 e. The number of hydrogen-bond acceptors (Lipinski definition) is 5. The number of rotatable bonds is 5. The molecule has 1 aliphatic rings. The first kappa shape index (κ1) is 19.3. The normalized spacial score (nSPS) is 15.7. The van der Waals surface area contributed by atoms with Crippen LogP contribution in [-0.4, -0.2) is 37.9 Å². The molecule has 7 heteroatoms. The van der Waals surface area contributed by atoms with Crippen molar-refractivity contribution in [3.63, 3.8) is 0 Å². The maximum Gasteiger partial charge on any atom is 0.341 e. The van der Waals surface area contributed by atoms with Gasteiger partial charge in [0, 0.05) is 17.5 Å². The maximum absolute atomic E-state index is 12.6. The van der Waals surface area contributed by atoms with Crippen LogP contribution in [-0.2, 0) is 17.7 Å². The highest BCUT2D eigenvalue weighted by Gasteiger charge is 2.30. The zero-order chi connectivity index (χ0) is 19.6. The Bertz CT molecular complexity index is 886. The number of methoxy groups -OCH3 is 1. The lowest BCUT2D eigenvalue weighted by Crippen LogP contribution is -3.11. The molecule has 27 heavy (non-hydrogen) atoms.